The Morgan fingerprint density at radius 2 is 2.40 bits per heavy atom. The second-order valence-electron chi connectivity index (χ2n) is 0.329. The van der Waals surface area contributed by atoms with Gasteiger partial charge in [-0.05, 0) is 0 Å². The van der Waals surface area contributed by atoms with Crippen molar-refractivity contribution in [3.8, 4) is 0 Å². The second kappa shape index (κ2) is 4.11. The van der Waals surface area contributed by atoms with Crippen molar-refractivity contribution in [1.29, 1.82) is 0 Å². The van der Waals surface area contributed by atoms with Crippen molar-refractivity contribution in [2.45, 2.75) is 0 Å². The molecule has 0 radical (unpaired) electrons. The monoisotopic (exact) mass is 106 g/mol. The van der Waals surface area contributed by atoms with Gasteiger partial charge in [-0.1, -0.05) is 24.0 Å². The number of rotatable bonds is 2. The molecule has 5 heavy (non-hydrogen) atoms. The minimum Gasteiger partial charge on any atom is -0.291 e. The highest BCUT2D eigenvalue weighted by Crippen LogP contribution is 1.80. The molecule has 0 saturated carbocycles. The fraction of sp³-hybridized carbons (Fsp3) is 0. The normalized spacial score (nSPS) is 6.40. The quantitative estimate of drug-likeness (QED) is 0.384. The van der Waals surface area contributed by atoms with E-state index >= 15 is 0 Å². The summed E-state index contributed by atoms with van der Waals surface area (Å²) in [5.41, 5.74) is 0.688. The van der Waals surface area contributed by atoms with Crippen LogP contribution in [-0.4, -0.2) is 10.3 Å². The predicted molar refractivity (Wildman–Crippen MR) is 28.0 cm³/mol. The lowest BCUT2D eigenvalue weighted by Crippen LogP contribution is -1.51. The number of hydrogen-bond donors (Lipinski definition) is 0. The molecule has 0 rings (SSSR count). The zero-order valence-electron chi connectivity index (χ0n) is 2.38. The average Bonchev–Trinajstić information content (AvgIpc) is 1.41. The molecule has 0 saturated heterocycles. The SMILES string of the molecule is O=CSC=S. The van der Waals surface area contributed by atoms with Gasteiger partial charge in [-0.15, -0.1) is 0 Å². The van der Waals surface area contributed by atoms with Crippen molar-refractivity contribution >= 4 is 34.3 Å². The number of thiocarbonyl (C=S) groups is 1. The van der Waals surface area contributed by atoms with E-state index < -0.39 is 0 Å². The van der Waals surface area contributed by atoms with E-state index in [1.165, 1.54) is 4.70 Å². The van der Waals surface area contributed by atoms with Crippen molar-refractivity contribution in [3.05, 3.63) is 0 Å². The van der Waals surface area contributed by atoms with Crippen molar-refractivity contribution < 1.29 is 4.79 Å². The van der Waals surface area contributed by atoms with E-state index in [0.29, 0.717) is 5.62 Å². The molecule has 0 N–H and O–H groups in total. The van der Waals surface area contributed by atoms with Gasteiger partial charge in [0.1, 0.15) is 0 Å². The van der Waals surface area contributed by atoms with Crippen LogP contribution in [0.1, 0.15) is 0 Å². The topological polar surface area (TPSA) is 17.1 Å². The van der Waals surface area contributed by atoms with Crippen molar-refractivity contribution in [3.63, 3.8) is 0 Å². The molecule has 0 aromatic heterocycles. The standard InChI is InChI=1S/C2H2OS2/c3-1-5-2-4/h1-2H. The van der Waals surface area contributed by atoms with Crippen molar-refractivity contribution in [1.82, 2.24) is 0 Å². The number of carbonyl (C=O) groups excluding carboxylic acids is 1. The lowest BCUT2D eigenvalue weighted by atomic mass is 11.8. The van der Waals surface area contributed by atoms with Gasteiger partial charge in [0.25, 0.3) is 0 Å². The third kappa shape index (κ3) is 4.11. The molecular formula is C2H2OS2. The molecule has 0 aromatic carbocycles. The Balaban J connectivity index is 2.65. The Kier molecular flexibility index (Phi) is 4.20. The highest BCUT2D eigenvalue weighted by molar-refractivity contribution is 8.29. The molecule has 0 fully saturated rings. The molecule has 0 aliphatic heterocycles. The molecule has 0 bridgehead atoms. The zero-order chi connectivity index (χ0) is 4.12. The van der Waals surface area contributed by atoms with Crippen LogP contribution < -0.4 is 0 Å². The molecule has 0 amide bonds. The van der Waals surface area contributed by atoms with E-state index in [0.717, 1.165) is 11.8 Å². The van der Waals surface area contributed by atoms with Crippen LogP contribution in [0.25, 0.3) is 0 Å². The fourth-order valence-corrected chi connectivity index (χ4v) is 0.204. The van der Waals surface area contributed by atoms with Gasteiger partial charge in [0.15, 0.2) is 5.62 Å². The third-order valence-corrected chi connectivity index (χ3v) is 0.667. The third-order valence-electron chi connectivity index (χ3n) is 0.111. The first-order valence-corrected chi connectivity index (χ1v) is 2.36. The molecule has 0 aromatic rings. The Bertz CT molecular complexity index is 36.9. The molecule has 0 atom stereocenters. The van der Waals surface area contributed by atoms with E-state index in [4.69, 9.17) is 0 Å². The first kappa shape index (κ1) is 5.11. The maximum Gasteiger partial charge on any atom is 0.181 e. The fourth-order valence-electron chi connectivity index (χ4n) is 0.0227. The van der Waals surface area contributed by atoms with Crippen LogP contribution in [0.2, 0.25) is 0 Å². The smallest absolute Gasteiger partial charge is 0.181 e. The van der Waals surface area contributed by atoms with E-state index in [2.05, 4.69) is 12.2 Å². The van der Waals surface area contributed by atoms with Crippen LogP contribution in [0.4, 0.5) is 0 Å². The van der Waals surface area contributed by atoms with Gasteiger partial charge in [0.05, 0.1) is 0 Å². The van der Waals surface area contributed by atoms with Gasteiger partial charge in [-0.2, -0.15) is 0 Å². The lowest BCUT2D eigenvalue weighted by molar-refractivity contribution is 0.570. The Hall–Kier alpha value is 0.110. The summed E-state index contributed by atoms with van der Waals surface area (Å²) in [6.07, 6.45) is 0. The van der Waals surface area contributed by atoms with Crippen molar-refractivity contribution in [2.24, 2.45) is 0 Å². The minimum absolute atomic E-state index is 0.688. The maximum atomic E-state index is 9.27. The number of carbonyl (C=O) groups is 1. The molecule has 0 unspecified atom stereocenters. The Morgan fingerprint density at radius 3 is 2.40 bits per heavy atom. The predicted octanol–water partition coefficient (Wildman–Crippen LogP) is 0.867. The summed E-state index contributed by atoms with van der Waals surface area (Å²) in [6.45, 7) is 0. The minimum atomic E-state index is 0.688. The lowest BCUT2D eigenvalue weighted by Gasteiger charge is -1.57. The van der Waals surface area contributed by atoms with Crippen molar-refractivity contribution in [2.75, 3.05) is 0 Å². The molecule has 3 heteroatoms. The van der Waals surface area contributed by atoms with Gasteiger partial charge in [0, 0.05) is 4.70 Å². The summed E-state index contributed by atoms with van der Waals surface area (Å²) >= 11 is 5.23. The highest BCUT2D eigenvalue weighted by Gasteiger charge is 1.60. The van der Waals surface area contributed by atoms with Gasteiger partial charge in [0.2, 0.25) is 0 Å². The van der Waals surface area contributed by atoms with Crippen LogP contribution in [-0.2, 0) is 4.79 Å². The van der Waals surface area contributed by atoms with Gasteiger partial charge >= 0.3 is 0 Å². The molecule has 28 valence electrons. The highest BCUT2D eigenvalue weighted by atomic mass is 32.2. The molecule has 0 spiro atoms. The second-order valence-corrected chi connectivity index (χ2v) is 1.56. The zero-order valence-corrected chi connectivity index (χ0v) is 4.01. The molecule has 0 aliphatic rings. The Morgan fingerprint density at radius 1 is 1.80 bits per heavy atom. The van der Waals surface area contributed by atoms with E-state index in [9.17, 15) is 4.79 Å². The number of hydrogen-bond acceptors (Lipinski definition) is 3. The summed E-state index contributed by atoms with van der Waals surface area (Å²) < 4.78 is 1.31. The van der Waals surface area contributed by atoms with Crippen LogP contribution in [0.3, 0.4) is 0 Å². The van der Waals surface area contributed by atoms with E-state index in [1.54, 1.807) is 0 Å². The number of thioether (sulfide) groups is 1. The molecule has 0 heterocycles. The van der Waals surface area contributed by atoms with Crippen LogP contribution in [0, 0.1) is 0 Å². The van der Waals surface area contributed by atoms with Gasteiger partial charge in [-0.25, -0.2) is 0 Å². The average molecular weight is 106 g/mol. The Labute approximate surface area is 39.7 Å². The molecule has 1 nitrogen and oxygen atoms in total. The summed E-state index contributed by atoms with van der Waals surface area (Å²) in [7, 11) is 0. The summed E-state index contributed by atoms with van der Waals surface area (Å²) in [5, 5.41) is 0. The van der Waals surface area contributed by atoms with Crippen LogP contribution in [0.5, 0.6) is 0 Å². The first-order valence-electron chi connectivity index (χ1n) is 0.943. The maximum absolute atomic E-state index is 9.27. The van der Waals surface area contributed by atoms with Gasteiger partial charge < -0.3 is 0 Å². The van der Waals surface area contributed by atoms with Crippen LogP contribution in [0.15, 0.2) is 0 Å². The molecular weight excluding hydrogens is 104 g/mol. The first-order chi connectivity index (χ1) is 2.41. The van der Waals surface area contributed by atoms with Crippen LogP contribution >= 0.6 is 24.0 Å². The summed E-state index contributed by atoms with van der Waals surface area (Å²) in [5.74, 6) is 0. The summed E-state index contributed by atoms with van der Waals surface area (Å²) in [4.78, 5) is 9.27. The summed E-state index contributed by atoms with van der Waals surface area (Å²) in [6, 6.07) is 0. The largest absolute Gasteiger partial charge is 0.291 e. The molecule has 0 aliphatic carbocycles. The van der Waals surface area contributed by atoms with Gasteiger partial charge in [-0.3, -0.25) is 4.79 Å². The van der Waals surface area contributed by atoms with E-state index in [-0.39, 0.29) is 0 Å². The van der Waals surface area contributed by atoms with E-state index in [1.807, 2.05) is 0 Å².